The summed E-state index contributed by atoms with van der Waals surface area (Å²) < 4.78 is 5.02. The van der Waals surface area contributed by atoms with Gasteiger partial charge in [-0.3, -0.25) is 4.79 Å². The lowest BCUT2D eigenvalue weighted by atomic mass is 10.3. The van der Waals surface area contributed by atoms with Gasteiger partial charge in [-0.1, -0.05) is 6.92 Å². The van der Waals surface area contributed by atoms with Gasteiger partial charge in [0.15, 0.2) is 0 Å². The summed E-state index contributed by atoms with van der Waals surface area (Å²) in [5.41, 5.74) is 0. The first-order valence-electron chi connectivity index (χ1n) is 4.12. The quantitative estimate of drug-likeness (QED) is 0.735. The molecule has 1 rings (SSSR count). The predicted octanol–water partition coefficient (Wildman–Crippen LogP) is 1.35. The Kier molecular flexibility index (Phi) is 3.38. The SMILES string of the molecule is CCCNC(=O)Cc1ccco1. The van der Waals surface area contributed by atoms with E-state index in [4.69, 9.17) is 4.42 Å². The van der Waals surface area contributed by atoms with Crippen molar-refractivity contribution in [3.63, 3.8) is 0 Å². The molecule has 0 fully saturated rings. The molecule has 0 saturated carbocycles. The van der Waals surface area contributed by atoms with Crippen LogP contribution in [0.5, 0.6) is 0 Å². The molecule has 1 aromatic rings. The molecule has 66 valence electrons. The number of hydrogen-bond acceptors (Lipinski definition) is 2. The summed E-state index contributed by atoms with van der Waals surface area (Å²) >= 11 is 0. The zero-order valence-corrected chi connectivity index (χ0v) is 7.17. The van der Waals surface area contributed by atoms with Crippen LogP contribution in [0.15, 0.2) is 22.8 Å². The summed E-state index contributed by atoms with van der Waals surface area (Å²) in [5.74, 6) is 0.732. The van der Waals surface area contributed by atoms with Crippen molar-refractivity contribution in [2.24, 2.45) is 0 Å². The minimum absolute atomic E-state index is 0.0202. The van der Waals surface area contributed by atoms with E-state index < -0.39 is 0 Å². The first-order valence-corrected chi connectivity index (χ1v) is 4.12. The summed E-state index contributed by atoms with van der Waals surface area (Å²) in [4.78, 5) is 11.1. The van der Waals surface area contributed by atoms with Crippen molar-refractivity contribution < 1.29 is 9.21 Å². The fourth-order valence-electron chi connectivity index (χ4n) is 0.898. The van der Waals surface area contributed by atoms with Gasteiger partial charge in [-0.15, -0.1) is 0 Å². The molecule has 1 heterocycles. The van der Waals surface area contributed by atoms with Crippen LogP contribution in [0.2, 0.25) is 0 Å². The average molecular weight is 167 g/mol. The summed E-state index contributed by atoms with van der Waals surface area (Å²) in [7, 11) is 0. The molecule has 0 spiro atoms. The van der Waals surface area contributed by atoms with Crippen molar-refractivity contribution in [1.29, 1.82) is 0 Å². The molecule has 3 heteroatoms. The first-order chi connectivity index (χ1) is 5.83. The minimum Gasteiger partial charge on any atom is -0.469 e. The van der Waals surface area contributed by atoms with Crippen molar-refractivity contribution in [2.75, 3.05) is 6.54 Å². The largest absolute Gasteiger partial charge is 0.469 e. The van der Waals surface area contributed by atoms with E-state index in [2.05, 4.69) is 5.32 Å². The van der Waals surface area contributed by atoms with Gasteiger partial charge in [0.2, 0.25) is 5.91 Å². The lowest BCUT2D eigenvalue weighted by Crippen LogP contribution is -2.25. The van der Waals surface area contributed by atoms with Crippen LogP contribution in [0.4, 0.5) is 0 Å². The van der Waals surface area contributed by atoms with Crippen LogP contribution in [0, 0.1) is 0 Å². The highest BCUT2D eigenvalue weighted by Crippen LogP contribution is 2.00. The molecule has 0 unspecified atom stereocenters. The molecule has 1 N–H and O–H groups in total. The van der Waals surface area contributed by atoms with Gasteiger partial charge in [0, 0.05) is 6.54 Å². The number of amides is 1. The minimum atomic E-state index is 0.0202. The molecule has 1 aromatic heterocycles. The van der Waals surface area contributed by atoms with Crippen molar-refractivity contribution >= 4 is 5.91 Å². The number of furan rings is 1. The second-order valence-electron chi connectivity index (χ2n) is 2.61. The third-order valence-corrected chi connectivity index (χ3v) is 1.49. The van der Waals surface area contributed by atoms with Crippen LogP contribution in [-0.4, -0.2) is 12.5 Å². The van der Waals surface area contributed by atoms with Crippen molar-refractivity contribution in [2.45, 2.75) is 19.8 Å². The molecule has 0 aliphatic heterocycles. The van der Waals surface area contributed by atoms with Crippen molar-refractivity contribution in [3.8, 4) is 0 Å². The smallest absolute Gasteiger partial charge is 0.227 e. The second-order valence-corrected chi connectivity index (χ2v) is 2.61. The van der Waals surface area contributed by atoms with Crippen LogP contribution >= 0.6 is 0 Å². The van der Waals surface area contributed by atoms with Crippen LogP contribution in [0.3, 0.4) is 0 Å². The maximum Gasteiger partial charge on any atom is 0.227 e. The maximum absolute atomic E-state index is 11.1. The monoisotopic (exact) mass is 167 g/mol. The highest BCUT2D eigenvalue weighted by molar-refractivity contribution is 5.77. The normalized spacial score (nSPS) is 9.75. The van der Waals surface area contributed by atoms with Crippen LogP contribution < -0.4 is 5.32 Å². The molecule has 0 bridgehead atoms. The predicted molar refractivity (Wildman–Crippen MR) is 45.7 cm³/mol. The second kappa shape index (κ2) is 4.59. The summed E-state index contributed by atoms with van der Waals surface area (Å²) in [6.45, 7) is 2.76. The molecule has 0 aliphatic carbocycles. The zero-order valence-electron chi connectivity index (χ0n) is 7.17. The Morgan fingerprint density at radius 1 is 1.67 bits per heavy atom. The molecule has 12 heavy (non-hydrogen) atoms. The van der Waals surface area contributed by atoms with Gasteiger partial charge in [0.05, 0.1) is 12.7 Å². The Morgan fingerprint density at radius 3 is 3.08 bits per heavy atom. The highest BCUT2D eigenvalue weighted by atomic mass is 16.3. The Bertz CT molecular complexity index is 229. The van der Waals surface area contributed by atoms with E-state index in [1.165, 1.54) is 0 Å². The molecule has 0 saturated heterocycles. The van der Waals surface area contributed by atoms with E-state index in [1.807, 2.05) is 6.92 Å². The fraction of sp³-hybridized carbons (Fsp3) is 0.444. The Balaban J connectivity index is 2.27. The van der Waals surface area contributed by atoms with Gasteiger partial charge in [-0.25, -0.2) is 0 Å². The van der Waals surface area contributed by atoms with E-state index in [-0.39, 0.29) is 5.91 Å². The summed E-state index contributed by atoms with van der Waals surface area (Å²) in [6, 6.07) is 3.58. The van der Waals surface area contributed by atoms with E-state index in [0.717, 1.165) is 13.0 Å². The average Bonchev–Trinajstić information content (AvgIpc) is 2.53. The fourth-order valence-corrected chi connectivity index (χ4v) is 0.898. The lowest BCUT2D eigenvalue weighted by Gasteiger charge is -1.99. The van der Waals surface area contributed by atoms with Gasteiger partial charge in [-0.05, 0) is 18.6 Å². The van der Waals surface area contributed by atoms with Gasteiger partial charge >= 0.3 is 0 Å². The van der Waals surface area contributed by atoms with E-state index in [0.29, 0.717) is 12.2 Å². The van der Waals surface area contributed by atoms with Gasteiger partial charge < -0.3 is 9.73 Å². The Labute approximate surface area is 71.8 Å². The molecule has 3 nitrogen and oxygen atoms in total. The standard InChI is InChI=1S/C9H13NO2/c1-2-5-10-9(11)7-8-4-3-6-12-8/h3-4,6H,2,5,7H2,1H3,(H,10,11). The topological polar surface area (TPSA) is 42.2 Å². The van der Waals surface area contributed by atoms with Gasteiger partial charge in [0.1, 0.15) is 5.76 Å². The molecule has 0 atom stereocenters. The number of nitrogens with one attached hydrogen (secondary N) is 1. The Hall–Kier alpha value is -1.25. The van der Waals surface area contributed by atoms with Crippen LogP contribution in [-0.2, 0) is 11.2 Å². The van der Waals surface area contributed by atoms with Gasteiger partial charge in [-0.2, -0.15) is 0 Å². The van der Waals surface area contributed by atoms with Crippen molar-refractivity contribution in [3.05, 3.63) is 24.2 Å². The van der Waals surface area contributed by atoms with E-state index >= 15 is 0 Å². The molecular weight excluding hydrogens is 154 g/mol. The van der Waals surface area contributed by atoms with Crippen LogP contribution in [0.1, 0.15) is 19.1 Å². The molecular formula is C9H13NO2. The molecule has 0 radical (unpaired) electrons. The number of rotatable bonds is 4. The Morgan fingerprint density at radius 2 is 2.50 bits per heavy atom. The maximum atomic E-state index is 11.1. The number of carbonyl (C=O) groups is 1. The first kappa shape index (κ1) is 8.84. The molecule has 1 amide bonds. The van der Waals surface area contributed by atoms with E-state index in [9.17, 15) is 4.79 Å². The summed E-state index contributed by atoms with van der Waals surface area (Å²) in [6.07, 6.45) is 2.87. The third-order valence-electron chi connectivity index (χ3n) is 1.49. The number of hydrogen-bond donors (Lipinski definition) is 1. The summed E-state index contributed by atoms with van der Waals surface area (Å²) in [5, 5.41) is 2.77. The number of carbonyl (C=O) groups excluding carboxylic acids is 1. The highest BCUT2D eigenvalue weighted by Gasteiger charge is 2.03. The van der Waals surface area contributed by atoms with Crippen LogP contribution in [0.25, 0.3) is 0 Å². The third kappa shape index (κ3) is 2.78. The zero-order chi connectivity index (χ0) is 8.81. The molecule has 0 aromatic carbocycles. The van der Waals surface area contributed by atoms with Gasteiger partial charge in [0.25, 0.3) is 0 Å². The molecule has 0 aliphatic rings. The van der Waals surface area contributed by atoms with E-state index in [1.54, 1.807) is 18.4 Å². The van der Waals surface area contributed by atoms with Crippen molar-refractivity contribution in [1.82, 2.24) is 5.32 Å². The lowest BCUT2D eigenvalue weighted by molar-refractivity contribution is -0.120.